The quantitative estimate of drug-likeness (QED) is 0.792. The van der Waals surface area contributed by atoms with Crippen molar-refractivity contribution < 1.29 is 0 Å². The van der Waals surface area contributed by atoms with Crippen LogP contribution in [0.15, 0.2) is 30.8 Å². The molecule has 0 saturated carbocycles. The van der Waals surface area contributed by atoms with Gasteiger partial charge in [0, 0.05) is 17.6 Å². The Bertz CT molecular complexity index is 290. The second kappa shape index (κ2) is 5.86. The molecule has 0 atom stereocenters. The molecule has 0 saturated heterocycles. The summed E-state index contributed by atoms with van der Waals surface area (Å²) < 4.78 is 0. The first-order valence-corrected chi connectivity index (χ1v) is 5.98. The van der Waals surface area contributed by atoms with Gasteiger partial charge in [-0.05, 0) is 17.5 Å². The highest BCUT2D eigenvalue weighted by molar-refractivity contribution is 9.08. The minimum Gasteiger partial charge on any atom is -0.385 e. The molecule has 0 radical (unpaired) electrons. The zero-order chi connectivity index (χ0) is 10.4. The first-order chi connectivity index (χ1) is 6.77. The SMILES string of the molecule is C=C(NCCC)c1ccc(CBr)cc1. The van der Waals surface area contributed by atoms with E-state index in [9.17, 15) is 0 Å². The summed E-state index contributed by atoms with van der Waals surface area (Å²) in [4.78, 5) is 0. The summed E-state index contributed by atoms with van der Waals surface area (Å²) in [6.45, 7) is 7.13. The second-order valence-electron chi connectivity index (χ2n) is 3.24. The first kappa shape index (κ1) is 11.3. The molecule has 0 amide bonds. The molecule has 0 spiro atoms. The van der Waals surface area contributed by atoms with Crippen molar-refractivity contribution in [2.24, 2.45) is 0 Å². The molecule has 0 bridgehead atoms. The Hall–Kier alpha value is -0.760. The van der Waals surface area contributed by atoms with Crippen molar-refractivity contribution in [1.29, 1.82) is 0 Å². The Kier molecular flexibility index (Phi) is 4.74. The van der Waals surface area contributed by atoms with E-state index < -0.39 is 0 Å². The monoisotopic (exact) mass is 253 g/mol. The van der Waals surface area contributed by atoms with Crippen LogP contribution in [0.5, 0.6) is 0 Å². The molecule has 0 heterocycles. The number of nitrogens with one attached hydrogen (secondary N) is 1. The van der Waals surface area contributed by atoms with Gasteiger partial charge in [-0.3, -0.25) is 0 Å². The lowest BCUT2D eigenvalue weighted by molar-refractivity contribution is 0.825. The number of halogens is 1. The van der Waals surface area contributed by atoms with Crippen molar-refractivity contribution in [3.05, 3.63) is 42.0 Å². The molecule has 1 rings (SSSR count). The van der Waals surface area contributed by atoms with Gasteiger partial charge in [0.05, 0.1) is 0 Å². The standard InChI is InChI=1S/C12H16BrN/c1-3-8-14-10(2)12-6-4-11(9-13)5-7-12/h4-7,14H,2-3,8-9H2,1H3. The average Bonchev–Trinajstić information content (AvgIpc) is 2.26. The largest absolute Gasteiger partial charge is 0.385 e. The van der Waals surface area contributed by atoms with Crippen molar-refractivity contribution >= 4 is 21.6 Å². The van der Waals surface area contributed by atoms with Crippen molar-refractivity contribution in [2.75, 3.05) is 6.54 Å². The fourth-order valence-electron chi connectivity index (χ4n) is 1.17. The van der Waals surface area contributed by atoms with E-state index >= 15 is 0 Å². The van der Waals surface area contributed by atoms with Crippen LogP contribution in [0.3, 0.4) is 0 Å². The highest BCUT2D eigenvalue weighted by Gasteiger charge is 1.97. The number of hydrogen-bond acceptors (Lipinski definition) is 1. The van der Waals surface area contributed by atoms with E-state index in [1.54, 1.807) is 0 Å². The lowest BCUT2D eigenvalue weighted by Crippen LogP contribution is -2.11. The van der Waals surface area contributed by atoms with Crippen LogP contribution in [0.4, 0.5) is 0 Å². The van der Waals surface area contributed by atoms with Gasteiger partial charge in [0.15, 0.2) is 0 Å². The van der Waals surface area contributed by atoms with Gasteiger partial charge in [-0.15, -0.1) is 0 Å². The smallest absolute Gasteiger partial charge is 0.0340 e. The van der Waals surface area contributed by atoms with Gasteiger partial charge in [0.1, 0.15) is 0 Å². The number of benzene rings is 1. The van der Waals surface area contributed by atoms with E-state index in [1.165, 1.54) is 11.1 Å². The molecule has 0 fully saturated rings. The van der Waals surface area contributed by atoms with Crippen molar-refractivity contribution in [1.82, 2.24) is 5.32 Å². The van der Waals surface area contributed by atoms with E-state index in [0.29, 0.717) is 0 Å². The van der Waals surface area contributed by atoms with Crippen molar-refractivity contribution in [3.63, 3.8) is 0 Å². The molecule has 1 nitrogen and oxygen atoms in total. The fraction of sp³-hybridized carbons (Fsp3) is 0.333. The molecule has 14 heavy (non-hydrogen) atoms. The molecule has 1 aromatic carbocycles. The van der Waals surface area contributed by atoms with Crippen LogP contribution in [0.1, 0.15) is 24.5 Å². The van der Waals surface area contributed by atoms with Crippen LogP contribution in [-0.4, -0.2) is 6.54 Å². The zero-order valence-electron chi connectivity index (χ0n) is 8.52. The summed E-state index contributed by atoms with van der Waals surface area (Å²) >= 11 is 3.42. The normalized spacial score (nSPS) is 9.86. The van der Waals surface area contributed by atoms with Gasteiger partial charge in [-0.25, -0.2) is 0 Å². The number of alkyl halides is 1. The van der Waals surface area contributed by atoms with Gasteiger partial charge in [-0.2, -0.15) is 0 Å². The van der Waals surface area contributed by atoms with Gasteiger partial charge in [0.2, 0.25) is 0 Å². The molecule has 0 aliphatic carbocycles. The van der Waals surface area contributed by atoms with Crippen LogP contribution >= 0.6 is 15.9 Å². The second-order valence-corrected chi connectivity index (χ2v) is 3.80. The Morgan fingerprint density at radius 1 is 1.36 bits per heavy atom. The minimum atomic E-state index is 0.905. The van der Waals surface area contributed by atoms with E-state index in [-0.39, 0.29) is 0 Å². The maximum Gasteiger partial charge on any atom is 0.0340 e. The van der Waals surface area contributed by atoms with Crippen LogP contribution in [0, 0.1) is 0 Å². The Morgan fingerprint density at radius 2 is 2.00 bits per heavy atom. The first-order valence-electron chi connectivity index (χ1n) is 4.86. The highest BCUT2D eigenvalue weighted by atomic mass is 79.9. The van der Waals surface area contributed by atoms with Crippen molar-refractivity contribution in [3.8, 4) is 0 Å². The third-order valence-corrected chi connectivity index (χ3v) is 2.69. The molecule has 0 aliphatic rings. The number of hydrogen-bond donors (Lipinski definition) is 1. The van der Waals surface area contributed by atoms with Gasteiger partial charge in [-0.1, -0.05) is 53.7 Å². The maximum absolute atomic E-state index is 4.00. The molecule has 2 heteroatoms. The highest BCUT2D eigenvalue weighted by Crippen LogP contribution is 2.12. The summed E-state index contributed by atoms with van der Waals surface area (Å²) in [7, 11) is 0. The average molecular weight is 254 g/mol. The van der Waals surface area contributed by atoms with Crippen LogP contribution in [0.25, 0.3) is 5.70 Å². The summed E-state index contributed by atoms with van der Waals surface area (Å²) in [5.74, 6) is 0. The summed E-state index contributed by atoms with van der Waals surface area (Å²) in [6.07, 6.45) is 1.12. The summed E-state index contributed by atoms with van der Waals surface area (Å²) in [6, 6.07) is 8.43. The molecular formula is C12H16BrN. The van der Waals surface area contributed by atoms with Gasteiger partial charge in [0.25, 0.3) is 0 Å². The lowest BCUT2D eigenvalue weighted by Gasteiger charge is -2.08. The number of rotatable bonds is 5. The molecular weight excluding hydrogens is 238 g/mol. The predicted octanol–water partition coefficient (Wildman–Crippen LogP) is 3.55. The van der Waals surface area contributed by atoms with E-state index in [0.717, 1.165) is 24.0 Å². The Balaban J connectivity index is 2.62. The summed E-state index contributed by atoms with van der Waals surface area (Å²) in [5, 5.41) is 4.18. The van der Waals surface area contributed by atoms with Crippen LogP contribution in [0.2, 0.25) is 0 Å². The fourth-order valence-corrected chi connectivity index (χ4v) is 1.55. The molecule has 0 aliphatic heterocycles. The Labute approximate surface area is 94.3 Å². The van der Waals surface area contributed by atoms with E-state index in [4.69, 9.17) is 0 Å². The third-order valence-electron chi connectivity index (χ3n) is 2.05. The predicted molar refractivity (Wildman–Crippen MR) is 66.4 cm³/mol. The van der Waals surface area contributed by atoms with Crippen LogP contribution < -0.4 is 5.32 Å². The van der Waals surface area contributed by atoms with E-state index in [2.05, 4.69) is 59.0 Å². The Morgan fingerprint density at radius 3 is 2.50 bits per heavy atom. The molecule has 0 aromatic heterocycles. The third kappa shape index (κ3) is 3.18. The maximum atomic E-state index is 4.00. The molecule has 1 aromatic rings. The molecule has 76 valence electrons. The van der Waals surface area contributed by atoms with Gasteiger partial charge >= 0.3 is 0 Å². The van der Waals surface area contributed by atoms with Crippen LogP contribution in [-0.2, 0) is 5.33 Å². The summed E-state index contributed by atoms with van der Waals surface area (Å²) in [5.41, 5.74) is 3.47. The zero-order valence-corrected chi connectivity index (χ0v) is 10.1. The molecule has 0 unspecified atom stereocenters. The lowest BCUT2D eigenvalue weighted by atomic mass is 10.1. The molecule has 1 N–H and O–H groups in total. The minimum absolute atomic E-state index is 0.905. The van der Waals surface area contributed by atoms with Crippen molar-refractivity contribution in [2.45, 2.75) is 18.7 Å². The topological polar surface area (TPSA) is 12.0 Å². The van der Waals surface area contributed by atoms with E-state index in [1.807, 2.05) is 0 Å². The van der Waals surface area contributed by atoms with Gasteiger partial charge < -0.3 is 5.32 Å².